The zero-order chi connectivity index (χ0) is 14.5. The summed E-state index contributed by atoms with van der Waals surface area (Å²) in [6.45, 7) is 1.88. The first-order valence-corrected chi connectivity index (χ1v) is 7.16. The van der Waals surface area contributed by atoms with Gasteiger partial charge in [-0.05, 0) is 24.1 Å². The second-order valence-corrected chi connectivity index (χ2v) is 5.42. The van der Waals surface area contributed by atoms with Crippen LogP contribution in [0.15, 0.2) is 59.1 Å². The van der Waals surface area contributed by atoms with Crippen molar-refractivity contribution in [3.63, 3.8) is 0 Å². The van der Waals surface area contributed by atoms with Gasteiger partial charge in [-0.25, -0.2) is 0 Å². The second kappa shape index (κ2) is 6.68. The molecule has 2 N–H and O–H groups in total. The molecule has 1 amide bonds. The van der Waals surface area contributed by atoms with Crippen molar-refractivity contribution in [2.75, 3.05) is 0 Å². The van der Waals surface area contributed by atoms with Crippen molar-refractivity contribution >= 4 is 21.8 Å². The van der Waals surface area contributed by atoms with E-state index in [0.717, 1.165) is 10.0 Å². The lowest BCUT2D eigenvalue weighted by atomic mass is 10.1. The molecule has 0 saturated carbocycles. The number of halogens is 1. The number of carbonyl (C=O) groups excluding carboxylic acids is 1. The molecule has 2 unspecified atom stereocenters. The Bertz CT molecular complexity index is 586. The highest BCUT2D eigenvalue weighted by molar-refractivity contribution is 9.10. The highest BCUT2D eigenvalue weighted by Gasteiger charge is 2.20. The number of nitrogens with one attached hydrogen (secondary N) is 1. The summed E-state index contributed by atoms with van der Waals surface area (Å²) < 4.78 is 0.932. The van der Waals surface area contributed by atoms with Crippen LogP contribution in [-0.2, 0) is 4.79 Å². The standard InChI is InChI=1S/C16H16BrNO2/c1-11(13-9-5-6-10-14(13)17)18-16(20)15(19)12-7-3-2-4-8-12/h2-11,15,19H,1H3,(H,18,20). The summed E-state index contributed by atoms with van der Waals surface area (Å²) in [7, 11) is 0. The highest BCUT2D eigenvalue weighted by atomic mass is 79.9. The Hall–Kier alpha value is -1.65. The smallest absolute Gasteiger partial charge is 0.253 e. The van der Waals surface area contributed by atoms with E-state index >= 15 is 0 Å². The summed E-state index contributed by atoms with van der Waals surface area (Å²) in [6, 6.07) is 16.4. The SMILES string of the molecule is CC(NC(=O)C(O)c1ccccc1)c1ccccc1Br. The van der Waals surface area contributed by atoms with Crippen LogP contribution in [0.2, 0.25) is 0 Å². The monoisotopic (exact) mass is 333 g/mol. The Labute approximate surface area is 126 Å². The molecule has 2 aromatic carbocycles. The lowest BCUT2D eigenvalue weighted by Crippen LogP contribution is -2.31. The van der Waals surface area contributed by atoms with Gasteiger partial charge in [-0.3, -0.25) is 4.79 Å². The van der Waals surface area contributed by atoms with Gasteiger partial charge in [-0.15, -0.1) is 0 Å². The number of aliphatic hydroxyl groups excluding tert-OH is 1. The van der Waals surface area contributed by atoms with Gasteiger partial charge in [-0.1, -0.05) is 64.5 Å². The Balaban J connectivity index is 2.07. The minimum absolute atomic E-state index is 0.184. The minimum atomic E-state index is -1.15. The Morgan fingerprint density at radius 1 is 1.10 bits per heavy atom. The normalized spacial score (nSPS) is 13.6. The summed E-state index contributed by atoms with van der Waals surface area (Å²) in [5, 5.41) is 12.8. The summed E-state index contributed by atoms with van der Waals surface area (Å²) in [6.07, 6.45) is -1.15. The van der Waals surface area contributed by atoms with Crippen molar-refractivity contribution in [2.45, 2.75) is 19.1 Å². The lowest BCUT2D eigenvalue weighted by molar-refractivity contribution is -0.130. The zero-order valence-electron chi connectivity index (χ0n) is 11.1. The van der Waals surface area contributed by atoms with Crippen molar-refractivity contribution in [1.29, 1.82) is 0 Å². The number of hydrogen-bond donors (Lipinski definition) is 2. The maximum Gasteiger partial charge on any atom is 0.253 e. The summed E-state index contributed by atoms with van der Waals surface area (Å²) in [4.78, 5) is 12.1. The Kier molecular flexibility index (Phi) is 4.93. The van der Waals surface area contributed by atoms with Crippen LogP contribution in [0.1, 0.15) is 30.2 Å². The zero-order valence-corrected chi connectivity index (χ0v) is 12.7. The molecule has 2 atom stereocenters. The first-order valence-electron chi connectivity index (χ1n) is 6.37. The molecule has 0 aliphatic heterocycles. The first kappa shape index (κ1) is 14.8. The van der Waals surface area contributed by atoms with Gasteiger partial charge in [-0.2, -0.15) is 0 Å². The molecule has 0 radical (unpaired) electrons. The van der Waals surface area contributed by atoms with E-state index in [1.807, 2.05) is 37.3 Å². The van der Waals surface area contributed by atoms with Gasteiger partial charge in [0.1, 0.15) is 0 Å². The van der Waals surface area contributed by atoms with Crippen molar-refractivity contribution in [3.05, 3.63) is 70.2 Å². The average molecular weight is 334 g/mol. The van der Waals surface area contributed by atoms with Crippen LogP contribution >= 0.6 is 15.9 Å². The molecule has 0 heterocycles. The van der Waals surface area contributed by atoms with E-state index in [0.29, 0.717) is 5.56 Å². The van der Waals surface area contributed by atoms with Crippen LogP contribution < -0.4 is 5.32 Å². The molecule has 4 heteroatoms. The van der Waals surface area contributed by atoms with Gasteiger partial charge in [0.2, 0.25) is 0 Å². The molecule has 3 nitrogen and oxygen atoms in total. The van der Waals surface area contributed by atoms with E-state index in [4.69, 9.17) is 0 Å². The van der Waals surface area contributed by atoms with E-state index in [1.165, 1.54) is 0 Å². The lowest BCUT2D eigenvalue weighted by Gasteiger charge is -2.18. The van der Waals surface area contributed by atoms with E-state index in [2.05, 4.69) is 21.2 Å². The van der Waals surface area contributed by atoms with Crippen molar-refractivity contribution in [2.24, 2.45) is 0 Å². The number of aliphatic hydroxyl groups is 1. The van der Waals surface area contributed by atoms with Crippen molar-refractivity contribution < 1.29 is 9.90 Å². The fourth-order valence-electron chi connectivity index (χ4n) is 1.98. The van der Waals surface area contributed by atoms with Crippen LogP contribution in [0.5, 0.6) is 0 Å². The maximum atomic E-state index is 12.1. The molecular formula is C16H16BrNO2. The van der Waals surface area contributed by atoms with Crippen LogP contribution in [0.25, 0.3) is 0 Å². The van der Waals surface area contributed by atoms with Crippen molar-refractivity contribution in [1.82, 2.24) is 5.32 Å². The average Bonchev–Trinajstić information content (AvgIpc) is 2.47. The van der Waals surface area contributed by atoms with E-state index in [9.17, 15) is 9.90 Å². The Morgan fingerprint density at radius 3 is 2.35 bits per heavy atom. The maximum absolute atomic E-state index is 12.1. The molecule has 0 saturated heterocycles. The molecule has 104 valence electrons. The third kappa shape index (κ3) is 3.46. The molecule has 2 aromatic rings. The molecule has 0 bridgehead atoms. The summed E-state index contributed by atoms with van der Waals surface area (Å²) in [5.41, 5.74) is 1.56. The molecule has 2 rings (SSSR count). The third-order valence-corrected chi connectivity index (χ3v) is 3.82. The van der Waals surface area contributed by atoms with E-state index in [1.54, 1.807) is 24.3 Å². The van der Waals surface area contributed by atoms with E-state index < -0.39 is 12.0 Å². The predicted molar refractivity (Wildman–Crippen MR) is 82.1 cm³/mol. The van der Waals surface area contributed by atoms with Gasteiger partial charge in [0.05, 0.1) is 6.04 Å². The topological polar surface area (TPSA) is 49.3 Å². The van der Waals surface area contributed by atoms with Crippen LogP contribution in [-0.4, -0.2) is 11.0 Å². The molecule has 0 aliphatic rings. The van der Waals surface area contributed by atoms with Gasteiger partial charge in [0.15, 0.2) is 6.10 Å². The van der Waals surface area contributed by atoms with Gasteiger partial charge >= 0.3 is 0 Å². The first-order chi connectivity index (χ1) is 9.59. The molecule has 0 aliphatic carbocycles. The van der Waals surface area contributed by atoms with Crippen LogP contribution in [0, 0.1) is 0 Å². The quantitative estimate of drug-likeness (QED) is 0.901. The summed E-state index contributed by atoms with van der Waals surface area (Å²) in [5.74, 6) is -0.403. The largest absolute Gasteiger partial charge is 0.378 e. The number of carbonyl (C=O) groups is 1. The second-order valence-electron chi connectivity index (χ2n) is 4.57. The number of benzene rings is 2. The van der Waals surface area contributed by atoms with Gasteiger partial charge in [0.25, 0.3) is 5.91 Å². The van der Waals surface area contributed by atoms with Crippen LogP contribution in [0.4, 0.5) is 0 Å². The van der Waals surface area contributed by atoms with Crippen molar-refractivity contribution in [3.8, 4) is 0 Å². The minimum Gasteiger partial charge on any atom is -0.378 e. The predicted octanol–water partition coefficient (Wildman–Crippen LogP) is 3.36. The van der Waals surface area contributed by atoms with Gasteiger partial charge < -0.3 is 10.4 Å². The fraction of sp³-hybridized carbons (Fsp3) is 0.188. The molecular weight excluding hydrogens is 318 g/mol. The number of rotatable bonds is 4. The summed E-state index contributed by atoms with van der Waals surface area (Å²) >= 11 is 3.45. The van der Waals surface area contributed by atoms with E-state index in [-0.39, 0.29) is 6.04 Å². The van der Waals surface area contributed by atoms with Gasteiger partial charge in [0, 0.05) is 4.47 Å². The fourth-order valence-corrected chi connectivity index (χ4v) is 2.61. The Morgan fingerprint density at radius 2 is 1.70 bits per heavy atom. The molecule has 20 heavy (non-hydrogen) atoms. The molecule has 0 fully saturated rings. The number of hydrogen-bond acceptors (Lipinski definition) is 2. The highest BCUT2D eigenvalue weighted by Crippen LogP contribution is 2.23. The number of amides is 1. The van der Waals surface area contributed by atoms with Crippen LogP contribution in [0.3, 0.4) is 0 Å². The third-order valence-electron chi connectivity index (χ3n) is 3.09. The molecule has 0 aromatic heterocycles. The molecule has 0 spiro atoms.